The molecule has 0 spiro atoms. The summed E-state index contributed by atoms with van der Waals surface area (Å²) in [6, 6.07) is 27.6. The minimum atomic E-state index is -4.00. The van der Waals surface area contributed by atoms with E-state index in [0.29, 0.717) is 5.56 Å². The number of ether oxygens (including phenoxy) is 2. The number of alkyl carbamates (subject to hydrolysis) is 1. The number of fused-ring (bicyclic) bond motifs is 3. The lowest BCUT2D eigenvalue weighted by Gasteiger charge is -2.19. The van der Waals surface area contributed by atoms with E-state index >= 15 is 0 Å². The molecule has 41 heavy (non-hydrogen) atoms. The second-order valence-electron chi connectivity index (χ2n) is 9.74. The van der Waals surface area contributed by atoms with E-state index in [1.54, 1.807) is 24.3 Å². The Kier molecular flexibility index (Phi) is 8.07. The van der Waals surface area contributed by atoms with Crippen molar-refractivity contribution in [2.75, 3.05) is 13.7 Å². The molecule has 1 atom stereocenters. The molecule has 1 amide bonds. The molecule has 0 heterocycles. The summed E-state index contributed by atoms with van der Waals surface area (Å²) in [4.78, 5) is 25.3. The van der Waals surface area contributed by atoms with Gasteiger partial charge in [0.1, 0.15) is 23.3 Å². The van der Waals surface area contributed by atoms with Crippen molar-refractivity contribution in [3.8, 4) is 16.9 Å². The molecule has 0 bridgehead atoms. The fourth-order valence-electron chi connectivity index (χ4n) is 4.91. The molecule has 0 saturated heterocycles. The van der Waals surface area contributed by atoms with E-state index in [2.05, 4.69) is 17.4 Å². The Labute approximate surface area is 239 Å². The lowest BCUT2D eigenvalue weighted by Crippen LogP contribution is -2.43. The SMILES string of the molecule is COC(=O)C(Cc1ccc(OS(=O)(=O)c2ccc(C)cc2)cc1)NC(=O)OCC1c2ccccc2-c2ccccc21. The number of amides is 1. The molecular formula is C32H29NO7S. The summed E-state index contributed by atoms with van der Waals surface area (Å²) >= 11 is 0. The average molecular weight is 572 g/mol. The van der Waals surface area contributed by atoms with Gasteiger partial charge in [-0.15, -0.1) is 0 Å². The number of hydrogen-bond donors (Lipinski definition) is 1. The van der Waals surface area contributed by atoms with Crippen LogP contribution in [0.2, 0.25) is 0 Å². The van der Waals surface area contributed by atoms with E-state index in [1.807, 2.05) is 43.3 Å². The summed E-state index contributed by atoms with van der Waals surface area (Å²) in [5.41, 5.74) is 5.97. The van der Waals surface area contributed by atoms with Crippen LogP contribution in [0, 0.1) is 6.92 Å². The number of benzene rings is 4. The third-order valence-corrected chi connectivity index (χ3v) is 8.26. The highest BCUT2D eigenvalue weighted by Crippen LogP contribution is 2.44. The molecule has 1 unspecified atom stereocenters. The van der Waals surface area contributed by atoms with Gasteiger partial charge in [0.05, 0.1) is 7.11 Å². The first-order valence-corrected chi connectivity index (χ1v) is 14.5. The standard InChI is InChI=1S/C32H29NO7S/c1-21-11-17-24(18-12-21)41(36,37)40-23-15-13-22(14-16-23)19-30(31(34)38-2)33-32(35)39-20-29-27-9-5-3-7-25(27)26-8-4-6-10-28(26)29/h3-18,29-30H,19-20H2,1-2H3,(H,33,35). The maximum absolute atomic E-state index is 12.8. The molecule has 9 heteroatoms. The molecule has 1 N–H and O–H groups in total. The van der Waals surface area contributed by atoms with Gasteiger partial charge in [0.2, 0.25) is 0 Å². The topological polar surface area (TPSA) is 108 Å². The van der Waals surface area contributed by atoms with Crippen LogP contribution < -0.4 is 9.50 Å². The van der Waals surface area contributed by atoms with Gasteiger partial charge in [0, 0.05) is 12.3 Å². The highest BCUT2D eigenvalue weighted by Gasteiger charge is 2.30. The second-order valence-corrected chi connectivity index (χ2v) is 11.3. The number of carbonyl (C=O) groups excluding carboxylic acids is 2. The zero-order valence-corrected chi connectivity index (χ0v) is 23.4. The quantitative estimate of drug-likeness (QED) is 0.212. The van der Waals surface area contributed by atoms with Crippen molar-refractivity contribution in [1.82, 2.24) is 5.32 Å². The maximum Gasteiger partial charge on any atom is 0.407 e. The Morgan fingerprint density at radius 3 is 2.00 bits per heavy atom. The molecular weight excluding hydrogens is 542 g/mol. The Morgan fingerprint density at radius 2 is 1.41 bits per heavy atom. The van der Waals surface area contributed by atoms with Crippen molar-refractivity contribution in [2.24, 2.45) is 0 Å². The summed E-state index contributed by atoms with van der Waals surface area (Å²) < 4.78 is 40.9. The molecule has 1 aliphatic rings. The summed E-state index contributed by atoms with van der Waals surface area (Å²) in [7, 11) is -2.76. The van der Waals surface area contributed by atoms with Crippen molar-refractivity contribution >= 4 is 22.2 Å². The zero-order chi connectivity index (χ0) is 29.0. The van der Waals surface area contributed by atoms with E-state index in [1.165, 1.54) is 31.4 Å². The van der Waals surface area contributed by atoms with Crippen LogP contribution in [0.25, 0.3) is 11.1 Å². The van der Waals surface area contributed by atoms with Crippen LogP contribution in [0.5, 0.6) is 5.75 Å². The molecule has 8 nitrogen and oxygen atoms in total. The van der Waals surface area contributed by atoms with Gasteiger partial charge in [-0.1, -0.05) is 78.4 Å². The molecule has 1 aliphatic carbocycles. The minimum Gasteiger partial charge on any atom is -0.467 e. The zero-order valence-electron chi connectivity index (χ0n) is 22.6. The highest BCUT2D eigenvalue weighted by atomic mass is 32.2. The Bertz CT molecular complexity index is 1620. The lowest BCUT2D eigenvalue weighted by molar-refractivity contribution is -0.143. The van der Waals surface area contributed by atoms with E-state index in [0.717, 1.165) is 27.8 Å². The van der Waals surface area contributed by atoms with Crippen molar-refractivity contribution in [3.63, 3.8) is 0 Å². The van der Waals surface area contributed by atoms with Crippen molar-refractivity contribution < 1.29 is 31.7 Å². The third kappa shape index (κ3) is 6.25. The lowest BCUT2D eigenvalue weighted by atomic mass is 9.98. The van der Waals surface area contributed by atoms with Gasteiger partial charge < -0.3 is 19.0 Å². The normalized spacial score (nSPS) is 13.0. The molecule has 210 valence electrons. The van der Waals surface area contributed by atoms with Crippen molar-refractivity contribution in [3.05, 3.63) is 119 Å². The van der Waals surface area contributed by atoms with E-state index in [4.69, 9.17) is 13.7 Å². The molecule has 0 fully saturated rings. The van der Waals surface area contributed by atoms with Crippen molar-refractivity contribution in [2.45, 2.75) is 30.2 Å². The number of methoxy groups -OCH3 is 1. The Morgan fingerprint density at radius 1 is 0.829 bits per heavy atom. The molecule has 0 saturated carbocycles. The van der Waals surface area contributed by atoms with Crippen LogP contribution in [0.3, 0.4) is 0 Å². The Balaban J connectivity index is 1.22. The largest absolute Gasteiger partial charge is 0.467 e. The van der Waals surface area contributed by atoms with Gasteiger partial charge >= 0.3 is 22.2 Å². The molecule has 4 aromatic rings. The molecule has 4 aromatic carbocycles. The van der Waals surface area contributed by atoms with Gasteiger partial charge in [-0.3, -0.25) is 0 Å². The molecule has 0 aliphatic heterocycles. The highest BCUT2D eigenvalue weighted by molar-refractivity contribution is 7.87. The number of esters is 1. The smallest absolute Gasteiger partial charge is 0.407 e. The van der Waals surface area contributed by atoms with Crippen LogP contribution in [0.1, 0.15) is 28.2 Å². The summed E-state index contributed by atoms with van der Waals surface area (Å²) in [5, 5.41) is 2.60. The fourth-order valence-corrected chi connectivity index (χ4v) is 5.84. The first-order valence-electron chi connectivity index (χ1n) is 13.0. The minimum absolute atomic E-state index is 0.0465. The first kappa shape index (κ1) is 27.9. The number of nitrogens with one attached hydrogen (secondary N) is 1. The van der Waals surface area contributed by atoms with E-state index < -0.39 is 28.2 Å². The second kappa shape index (κ2) is 11.9. The Hall–Kier alpha value is -4.63. The number of rotatable bonds is 9. The van der Waals surface area contributed by atoms with Crippen LogP contribution in [-0.4, -0.2) is 40.2 Å². The molecule has 5 rings (SSSR count). The van der Waals surface area contributed by atoms with Gasteiger partial charge in [-0.2, -0.15) is 8.42 Å². The molecule has 0 aromatic heterocycles. The van der Waals surface area contributed by atoms with Gasteiger partial charge in [0.15, 0.2) is 0 Å². The number of hydrogen-bond acceptors (Lipinski definition) is 7. The number of aryl methyl sites for hydroxylation is 1. The van der Waals surface area contributed by atoms with Gasteiger partial charge in [-0.25, -0.2) is 9.59 Å². The van der Waals surface area contributed by atoms with E-state index in [-0.39, 0.29) is 29.6 Å². The van der Waals surface area contributed by atoms with E-state index in [9.17, 15) is 18.0 Å². The maximum atomic E-state index is 12.8. The third-order valence-electron chi connectivity index (χ3n) is 7.00. The number of carbonyl (C=O) groups is 2. The summed E-state index contributed by atoms with van der Waals surface area (Å²) in [5.74, 6) is -0.636. The molecule has 0 radical (unpaired) electrons. The predicted octanol–water partition coefficient (Wildman–Crippen LogP) is 5.39. The van der Waals surface area contributed by atoms with Crippen LogP contribution in [0.4, 0.5) is 4.79 Å². The van der Waals surface area contributed by atoms with Gasteiger partial charge in [-0.05, 0) is 59.0 Å². The summed E-state index contributed by atoms with van der Waals surface area (Å²) in [6.45, 7) is 1.97. The predicted molar refractivity (Wildman–Crippen MR) is 153 cm³/mol. The average Bonchev–Trinajstić information content (AvgIpc) is 3.30. The van der Waals surface area contributed by atoms with Crippen LogP contribution in [0.15, 0.2) is 102 Å². The van der Waals surface area contributed by atoms with Crippen LogP contribution in [-0.2, 0) is 30.8 Å². The fraction of sp³-hybridized carbons (Fsp3) is 0.188. The first-order chi connectivity index (χ1) is 19.7. The van der Waals surface area contributed by atoms with Crippen molar-refractivity contribution in [1.29, 1.82) is 0 Å². The summed E-state index contributed by atoms with van der Waals surface area (Å²) in [6.07, 6.45) is -0.645. The monoisotopic (exact) mass is 571 g/mol. The van der Waals surface area contributed by atoms with Gasteiger partial charge in [0.25, 0.3) is 0 Å². The van der Waals surface area contributed by atoms with Crippen LogP contribution >= 0.6 is 0 Å².